The van der Waals surface area contributed by atoms with Crippen molar-refractivity contribution in [3.63, 3.8) is 0 Å². The van der Waals surface area contributed by atoms with Crippen LogP contribution in [0.3, 0.4) is 0 Å². The van der Waals surface area contributed by atoms with Crippen LogP contribution in [0.5, 0.6) is 17.2 Å². The van der Waals surface area contributed by atoms with E-state index in [0.717, 1.165) is 11.3 Å². The van der Waals surface area contributed by atoms with Gasteiger partial charge in [-0.15, -0.1) is 11.3 Å². The van der Waals surface area contributed by atoms with Crippen molar-refractivity contribution in [2.24, 2.45) is 0 Å². The molecule has 0 radical (unpaired) electrons. The van der Waals surface area contributed by atoms with Crippen LogP contribution in [0, 0.1) is 5.41 Å². The summed E-state index contributed by atoms with van der Waals surface area (Å²) in [5, 5.41) is 22.5. The van der Waals surface area contributed by atoms with Crippen LogP contribution < -0.4 is 19.1 Å². The van der Waals surface area contributed by atoms with E-state index in [1.54, 1.807) is 29.2 Å². The van der Waals surface area contributed by atoms with E-state index in [1.165, 1.54) is 32.7 Å². The number of nitrogens with zero attached hydrogens (tertiary/aromatic N) is 2. The summed E-state index contributed by atoms with van der Waals surface area (Å²) in [6.45, 7) is 0.142. The molecule has 0 bridgehead atoms. The van der Waals surface area contributed by atoms with E-state index in [-0.39, 0.29) is 18.1 Å². The quantitative estimate of drug-likeness (QED) is 0.525. The highest BCUT2D eigenvalue weighted by Gasteiger charge is 2.32. The van der Waals surface area contributed by atoms with Crippen LogP contribution >= 0.6 is 22.9 Å². The van der Waals surface area contributed by atoms with Gasteiger partial charge in [0.15, 0.2) is 11.5 Å². The maximum Gasteiger partial charge on any atom is 0.203 e. The fourth-order valence-electron chi connectivity index (χ4n) is 3.39. The predicted molar refractivity (Wildman–Crippen MR) is 123 cm³/mol. The van der Waals surface area contributed by atoms with Gasteiger partial charge in [-0.25, -0.2) is 4.98 Å². The summed E-state index contributed by atoms with van der Waals surface area (Å²) < 4.78 is 16.2. The Morgan fingerprint density at radius 3 is 2.29 bits per heavy atom. The third-order valence-corrected chi connectivity index (χ3v) is 6.03. The molecule has 1 aliphatic rings. The minimum Gasteiger partial charge on any atom is -0.510 e. The standard InChI is InChI=1S/C22H20ClN3O4S/c1-28-17-8-14(9-18(29-2)20(17)30-3)26-10-16(27)19(21(26)24)22-25-15(11-31-22)12-4-6-13(23)7-5-12/h4-9,11,24,27H,10H2,1-3H3. The Hall–Kier alpha value is -3.23. The molecule has 160 valence electrons. The first-order valence-electron chi connectivity index (χ1n) is 9.27. The molecule has 7 nitrogen and oxygen atoms in total. The minimum absolute atomic E-state index is 0.0794. The van der Waals surface area contributed by atoms with Crippen molar-refractivity contribution in [2.45, 2.75) is 0 Å². The second-order valence-corrected chi connectivity index (χ2v) is 7.98. The summed E-state index contributed by atoms with van der Waals surface area (Å²) in [5.41, 5.74) is 2.71. The van der Waals surface area contributed by atoms with Crippen molar-refractivity contribution in [2.75, 3.05) is 32.8 Å². The van der Waals surface area contributed by atoms with E-state index in [2.05, 4.69) is 4.98 Å². The number of methoxy groups -OCH3 is 3. The largest absolute Gasteiger partial charge is 0.510 e. The highest BCUT2D eigenvalue weighted by Crippen LogP contribution is 2.43. The summed E-state index contributed by atoms with van der Waals surface area (Å²) >= 11 is 7.34. The number of thiazole rings is 1. The van der Waals surface area contributed by atoms with E-state index in [0.29, 0.717) is 38.5 Å². The number of aromatic nitrogens is 1. The molecule has 2 heterocycles. The third-order valence-electron chi connectivity index (χ3n) is 4.92. The van der Waals surface area contributed by atoms with Crippen LogP contribution in [0.1, 0.15) is 5.01 Å². The van der Waals surface area contributed by atoms with E-state index < -0.39 is 0 Å². The molecule has 0 aliphatic carbocycles. The maximum absolute atomic E-state index is 10.7. The van der Waals surface area contributed by atoms with Crippen molar-refractivity contribution in [3.05, 3.63) is 57.6 Å². The van der Waals surface area contributed by atoms with Gasteiger partial charge in [-0.05, 0) is 12.1 Å². The monoisotopic (exact) mass is 457 g/mol. The topological polar surface area (TPSA) is 87.9 Å². The molecule has 0 amide bonds. The first-order chi connectivity index (χ1) is 15.0. The van der Waals surface area contributed by atoms with E-state index in [1.807, 2.05) is 17.5 Å². The van der Waals surface area contributed by atoms with Crippen molar-refractivity contribution < 1.29 is 19.3 Å². The van der Waals surface area contributed by atoms with Crippen LogP contribution in [-0.2, 0) is 0 Å². The Balaban J connectivity index is 1.66. The van der Waals surface area contributed by atoms with Crippen molar-refractivity contribution in [1.82, 2.24) is 4.98 Å². The van der Waals surface area contributed by atoms with Gasteiger partial charge in [0.1, 0.15) is 16.6 Å². The van der Waals surface area contributed by atoms with Gasteiger partial charge in [-0.2, -0.15) is 0 Å². The number of hydrogen-bond donors (Lipinski definition) is 2. The Morgan fingerprint density at radius 1 is 1.06 bits per heavy atom. The van der Waals surface area contributed by atoms with Crippen molar-refractivity contribution in [3.8, 4) is 28.5 Å². The normalized spacial score (nSPS) is 13.7. The van der Waals surface area contributed by atoms with Gasteiger partial charge in [0.05, 0.1) is 44.8 Å². The first-order valence-corrected chi connectivity index (χ1v) is 10.5. The highest BCUT2D eigenvalue weighted by atomic mass is 35.5. The number of aliphatic hydroxyl groups is 1. The van der Waals surface area contributed by atoms with Gasteiger partial charge >= 0.3 is 0 Å². The lowest BCUT2D eigenvalue weighted by atomic mass is 10.2. The molecule has 31 heavy (non-hydrogen) atoms. The summed E-state index contributed by atoms with van der Waals surface area (Å²) in [7, 11) is 4.60. The van der Waals surface area contributed by atoms with Crippen molar-refractivity contribution in [1.29, 1.82) is 5.41 Å². The second kappa shape index (κ2) is 8.49. The maximum atomic E-state index is 10.7. The lowest BCUT2D eigenvalue weighted by Gasteiger charge is -2.21. The van der Waals surface area contributed by atoms with Crippen LogP contribution in [0.2, 0.25) is 5.02 Å². The van der Waals surface area contributed by atoms with E-state index >= 15 is 0 Å². The number of nitrogens with one attached hydrogen (secondary N) is 1. The smallest absolute Gasteiger partial charge is 0.203 e. The summed E-state index contributed by atoms with van der Waals surface area (Å²) in [4.78, 5) is 6.30. The minimum atomic E-state index is 0.0794. The molecule has 1 aliphatic heterocycles. The number of rotatable bonds is 6. The third kappa shape index (κ3) is 3.80. The number of hydrogen-bond acceptors (Lipinski definition) is 7. The molecule has 0 saturated carbocycles. The Morgan fingerprint density at radius 2 is 1.71 bits per heavy atom. The molecule has 0 unspecified atom stereocenters. The van der Waals surface area contributed by atoms with Crippen LogP contribution in [-0.4, -0.2) is 43.8 Å². The SMILES string of the molecule is COc1cc(N2CC(O)=C(c3nc(-c4ccc(Cl)cc4)cs3)C2=N)cc(OC)c1OC. The summed E-state index contributed by atoms with van der Waals surface area (Å²) in [6.07, 6.45) is 0. The average molecular weight is 458 g/mol. The Bertz CT molecular complexity index is 1150. The number of halogens is 1. The average Bonchev–Trinajstić information content (AvgIpc) is 3.37. The van der Waals surface area contributed by atoms with Crippen LogP contribution in [0.15, 0.2) is 47.5 Å². The molecule has 3 aromatic rings. The van der Waals surface area contributed by atoms with Gasteiger partial charge in [0.25, 0.3) is 0 Å². The molecule has 9 heteroatoms. The van der Waals surface area contributed by atoms with Gasteiger partial charge in [-0.3, -0.25) is 5.41 Å². The Kier molecular flexibility index (Phi) is 5.75. The zero-order valence-corrected chi connectivity index (χ0v) is 18.7. The number of amidine groups is 1. The predicted octanol–water partition coefficient (Wildman–Crippen LogP) is 5.26. The second-order valence-electron chi connectivity index (χ2n) is 6.68. The molecule has 0 atom stereocenters. The van der Waals surface area contributed by atoms with Crippen LogP contribution in [0.25, 0.3) is 16.8 Å². The fourth-order valence-corrected chi connectivity index (χ4v) is 4.41. The zero-order chi connectivity index (χ0) is 22.1. The molecule has 0 fully saturated rings. The molecule has 2 N–H and O–H groups in total. The Labute approximate surface area is 188 Å². The van der Waals surface area contributed by atoms with Crippen LogP contribution in [0.4, 0.5) is 5.69 Å². The lowest BCUT2D eigenvalue weighted by molar-refractivity contribution is 0.324. The number of ether oxygens (including phenoxy) is 3. The molecule has 1 aromatic heterocycles. The fraction of sp³-hybridized carbons (Fsp3) is 0.182. The van der Waals surface area contributed by atoms with E-state index in [9.17, 15) is 5.11 Å². The first kappa shape index (κ1) is 21.0. The number of benzene rings is 2. The molecule has 0 spiro atoms. The van der Waals surface area contributed by atoms with Gasteiger partial charge in [0, 0.05) is 28.1 Å². The van der Waals surface area contributed by atoms with Gasteiger partial charge in [0.2, 0.25) is 5.75 Å². The molecule has 4 rings (SSSR count). The highest BCUT2D eigenvalue weighted by molar-refractivity contribution is 7.11. The number of aliphatic hydroxyl groups excluding tert-OH is 1. The van der Waals surface area contributed by atoms with Gasteiger partial charge in [-0.1, -0.05) is 23.7 Å². The van der Waals surface area contributed by atoms with Gasteiger partial charge < -0.3 is 24.2 Å². The zero-order valence-electron chi connectivity index (χ0n) is 17.1. The molecular formula is C22H20ClN3O4S. The van der Waals surface area contributed by atoms with E-state index in [4.69, 9.17) is 31.2 Å². The summed E-state index contributed by atoms with van der Waals surface area (Å²) in [5.74, 6) is 1.62. The molecule has 2 aromatic carbocycles. The molecular weight excluding hydrogens is 438 g/mol. The molecule has 0 saturated heterocycles. The number of anilines is 1. The van der Waals surface area contributed by atoms with Crippen molar-refractivity contribution >= 4 is 40.0 Å². The lowest BCUT2D eigenvalue weighted by Crippen LogP contribution is -2.26. The summed E-state index contributed by atoms with van der Waals surface area (Å²) in [6, 6.07) is 10.9.